The fourth-order valence-electron chi connectivity index (χ4n) is 2.55. The molecule has 1 N–H and O–H groups in total. The second-order valence-electron chi connectivity index (χ2n) is 5.87. The standard InChI is InChI=1S/C18H14F3N3O3S/c1-24-11-10-22-17(24)16(25)12-6-8-13(9-7-12)23-28(26,27)15-5-3-2-4-14(15)18(19,20)21/h2-11,23H,1H3. The number of anilines is 1. The van der Waals surface area contributed by atoms with Crippen molar-refractivity contribution in [3.63, 3.8) is 0 Å². The molecule has 0 unspecified atom stereocenters. The molecule has 146 valence electrons. The summed E-state index contributed by atoms with van der Waals surface area (Å²) in [7, 11) is -2.83. The topological polar surface area (TPSA) is 81.1 Å². The number of benzene rings is 2. The predicted molar refractivity (Wildman–Crippen MR) is 95.3 cm³/mol. The fraction of sp³-hybridized carbons (Fsp3) is 0.111. The Morgan fingerprint density at radius 3 is 2.29 bits per heavy atom. The third kappa shape index (κ3) is 3.91. The van der Waals surface area contributed by atoms with Crippen molar-refractivity contribution in [3.05, 3.63) is 77.9 Å². The van der Waals surface area contributed by atoms with Crippen LogP contribution in [0.4, 0.5) is 18.9 Å². The highest BCUT2D eigenvalue weighted by atomic mass is 32.2. The van der Waals surface area contributed by atoms with E-state index < -0.39 is 26.7 Å². The second kappa shape index (κ2) is 7.12. The molecular formula is C18H14F3N3O3S. The molecule has 0 spiro atoms. The first-order valence-corrected chi connectivity index (χ1v) is 9.39. The summed E-state index contributed by atoms with van der Waals surface area (Å²) < 4.78 is 67.8. The van der Waals surface area contributed by atoms with Gasteiger partial charge in [0.05, 0.1) is 10.5 Å². The molecule has 0 saturated carbocycles. The average molecular weight is 409 g/mol. The number of halogens is 3. The highest BCUT2D eigenvalue weighted by Gasteiger charge is 2.36. The van der Waals surface area contributed by atoms with Gasteiger partial charge in [0, 0.05) is 30.7 Å². The minimum absolute atomic E-state index is 0.0216. The van der Waals surface area contributed by atoms with Crippen molar-refractivity contribution in [2.45, 2.75) is 11.1 Å². The normalized spacial score (nSPS) is 12.0. The number of carbonyl (C=O) groups excluding carboxylic acids is 1. The molecule has 6 nitrogen and oxygen atoms in total. The lowest BCUT2D eigenvalue weighted by atomic mass is 10.1. The number of ketones is 1. The lowest BCUT2D eigenvalue weighted by molar-refractivity contribution is -0.139. The van der Waals surface area contributed by atoms with Crippen molar-refractivity contribution >= 4 is 21.5 Å². The highest BCUT2D eigenvalue weighted by Crippen LogP contribution is 2.34. The van der Waals surface area contributed by atoms with Crippen LogP contribution in [-0.2, 0) is 23.2 Å². The molecule has 0 aliphatic heterocycles. The SMILES string of the molecule is Cn1ccnc1C(=O)c1ccc(NS(=O)(=O)c2ccccc2C(F)(F)F)cc1. The van der Waals surface area contributed by atoms with E-state index in [4.69, 9.17) is 0 Å². The second-order valence-corrected chi connectivity index (χ2v) is 7.52. The summed E-state index contributed by atoms with van der Waals surface area (Å²) in [6.07, 6.45) is -1.74. The van der Waals surface area contributed by atoms with Crippen LogP contribution in [0.15, 0.2) is 65.8 Å². The number of alkyl halides is 3. The van der Waals surface area contributed by atoms with Gasteiger partial charge in [-0.1, -0.05) is 12.1 Å². The third-order valence-corrected chi connectivity index (χ3v) is 5.35. The summed E-state index contributed by atoms with van der Waals surface area (Å²) in [6, 6.07) is 9.22. The van der Waals surface area contributed by atoms with Crippen LogP contribution >= 0.6 is 0 Å². The number of carbonyl (C=O) groups is 1. The molecule has 0 bridgehead atoms. The molecule has 3 aromatic rings. The molecule has 2 aromatic carbocycles. The maximum atomic E-state index is 13.1. The Labute approximate surface area is 158 Å². The van der Waals surface area contributed by atoms with Gasteiger partial charge in [-0.3, -0.25) is 9.52 Å². The fourth-order valence-corrected chi connectivity index (χ4v) is 3.84. The third-order valence-electron chi connectivity index (χ3n) is 3.91. The van der Waals surface area contributed by atoms with E-state index in [0.29, 0.717) is 6.07 Å². The number of hydrogen-bond donors (Lipinski definition) is 1. The summed E-state index contributed by atoms with van der Waals surface area (Å²) in [5.41, 5.74) is -0.981. The highest BCUT2D eigenvalue weighted by molar-refractivity contribution is 7.92. The number of rotatable bonds is 5. The molecular weight excluding hydrogens is 395 g/mol. The van der Waals surface area contributed by atoms with Crippen molar-refractivity contribution in [3.8, 4) is 0 Å². The zero-order chi connectivity index (χ0) is 20.5. The van der Waals surface area contributed by atoms with Crippen LogP contribution in [0.25, 0.3) is 0 Å². The number of imidazole rings is 1. The van der Waals surface area contributed by atoms with Gasteiger partial charge in [0.15, 0.2) is 5.82 Å². The zero-order valence-corrected chi connectivity index (χ0v) is 15.3. The van der Waals surface area contributed by atoms with Crippen LogP contribution in [0.1, 0.15) is 21.7 Å². The van der Waals surface area contributed by atoms with Gasteiger partial charge >= 0.3 is 6.18 Å². The number of nitrogens with one attached hydrogen (secondary N) is 1. The first-order chi connectivity index (χ1) is 13.1. The molecule has 0 aliphatic rings. The molecule has 3 rings (SSSR count). The molecule has 28 heavy (non-hydrogen) atoms. The first kappa shape index (κ1) is 19.6. The number of sulfonamides is 1. The van der Waals surface area contributed by atoms with E-state index in [1.165, 1.54) is 41.1 Å². The summed E-state index contributed by atoms with van der Waals surface area (Å²) in [5.74, 6) is -0.170. The van der Waals surface area contributed by atoms with E-state index in [1.807, 2.05) is 0 Å². The predicted octanol–water partition coefficient (Wildman–Crippen LogP) is 3.47. The Kier molecular flexibility index (Phi) is 4.99. The first-order valence-electron chi connectivity index (χ1n) is 7.91. The molecule has 0 radical (unpaired) electrons. The van der Waals surface area contributed by atoms with E-state index in [9.17, 15) is 26.4 Å². The van der Waals surface area contributed by atoms with Crippen LogP contribution in [0, 0.1) is 0 Å². The van der Waals surface area contributed by atoms with Crippen LogP contribution < -0.4 is 4.72 Å². The van der Waals surface area contributed by atoms with Gasteiger partial charge in [0.25, 0.3) is 10.0 Å². The maximum absolute atomic E-state index is 13.1. The summed E-state index contributed by atoms with van der Waals surface area (Å²) in [5, 5.41) is 0. The summed E-state index contributed by atoms with van der Waals surface area (Å²) >= 11 is 0. The minimum Gasteiger partial charge on any atom is -0.331 e. The molecule has 1 heterocycles. The van der Waals surface area contributed by atoms with Gasteiger partial charge in [0.1, 0.15) is 0 Å². The molecule has 0 amide bonds. The molecule has 1 aromatic heterocycles. The van der Waals surface area contributed by atoms with Crippen molar-refractivity contribution in [1.29, 1.82) is 0 Å². The minimum atomic E-state index is -4.82. The Balaban J connectivity index is 1.87. The lowest BCUT2D eigenvalue weighted by Gasteiger charge is -2.14. The van der Waals surface area contributed by atoms with Crippen molar-refractivity contribution < 1.29 is 26.4 Å². The van der Waals surface area contributed by atoms with E-state index in [-0.39, 0.29) is 22.9 Å². The van der Waals surface area contributed by atoms with Crippen LogP contribution in [-0.4, -0.2) is 23.8 Å². The number of nitrogens with zero attached hydrogens (tertiary/aromatic N) is 2. The summed E-state index contributed by atoms with van der Waals surface area (Å²) in [6.45, 7) is 0. The average Bonchev–Trinajstić information content (AvgIpc) is 3.07. The lowest BCUT2D eigenvalue weighted by Crippen LogP contribution is -2.19. The van der Waals surface area contributed by atoms with Gasteiger partial charge < -0.3 is 4.57 Å². The van der Waals surface area contributed by atoms with Gasteiger partial charge in [-0.2, -0.15) is 13.2 Å². The van der Waals surface area contributed by atoms with E-state index in [1.54, 1.807) is 13.2 Å². The molecule has 10 heteroatoms. The van der Waals surface area contributed by atoms with Crippen LogP contribution in [0.5, 0.6) is 0 Å². The van der Waals surface area contributed by atoms with Crippen molar-refractivity contribution in [1.82, 2.24) is 9.55 Å². The number of aromatic nitrogens is 2. The van der Waals surface area contributed by atoms with E-state index in [0.717, 1.165) is 12.1 Å². The van der Waals surface area contributed by atoms with Gasteiger partial charge in [-0.25, -0.2) is 13.4 Å². The van der Waals surface area contributed by atoms with E-state index in [2.05, 4.69) is 9.71 Å². The van der Waals surface area contributed by atoms with E-state index >= 15 is 0 Å². The van der Waals surface area contributed by atoms with Crippen LogP contribution in [0.3, 0.4) is 0 Å². The number of hydrogen-bond acceptors (Lipinski definition) is 4. The maximum Gasteiger partial charge on any atom is 0.417 e. The Bertz CT molecular complexity index is 1120. The van der Waals surface area contributed by atoms with Gasteiger partial charge in [0.2, 0.25) is 5.78 Å². The molecule has 0 atom stereocenters. The molecule has 0 fully saturated rings. The smallest absolute Gasteiger partial charge is 0.331 e. The largest absolute Gasteiger partial charge is 0.417 e. The Morgan fingerprint density at radius 1 is 1.07 bits per heavy atom. The Morgan fingerprint density at radius 2 is 1.71 bits per heavy atom. The monoisotopic (exact) mass is 409 g/mol. The quantitative estimate of drug-likeness (QED) is 0.655. The summed E-state index contributed by atoms with van der Waals surface area (Å²) in [4.78, 5) is 15.4. The molecule has 0 aliphatic carbocycles. The van der Waals surface area contributed by atoms with Crippen LogP contribution in [0.2, 0.25) is 0 Å². The van der Waals surface area contributed by atoms with Crippen molar-refractivity contribution in [2.75, 3.05) is 4.72 Å². The zero-order valence-electron chi connectivity index (χ0n) is 14.4. The van der Waals surface area contributed by atoms with Gasteiger partial charge in [-0.05, 0) is 36.4 Å². The number of aryl methyl sites for hydroxylation is 1. The van der Waals surface area contributed by atoms with Crippen molar-refractivity contribution in [2.24, 2.45) is 7.05 Å². The Hall–Kier alpha value is -3.14. The molecule has 0 saturated heterocycles. The van der Waals surface area contributed by atoms with Gasteiger partial charge in [-0.15, -0.1) is 0 Å².